The summed E-state index contributed by atoms with van der Waals surface area (Å²) in [6.07, 6.45) is 0.969. The fraction of sp³-hybridized carbons (Fsp3) is 0.500. The van der Waals surface area contributed by atoms with Gasteiger partial charge >= 0.3 is 0 Å². The standard InChI is InChI=1S/C22H32N2O3S/c1-6-27-19-9-7-17-8-10-20(14-18(17)13-19)28-24(12-11-15(2)3)21(16(4)5)22(25)23-26/h7-10,13-16,21,26H,6,11-12H2,1-5H3,(H,23,25)/t21-/m1/s1. The molecule has 0 aromatic heterocycles. The molecule has 0 saturated carbocycles. The number of hydrogen-bond acceptors (Lipinski definition) is 5. The molecule has 0 saturated heterocycles. The van der Waals surface area contributed by atoms with Crippen LogP contribution in [0.1, 0.15) is 41.0 Å². The normalized spacial score (nSPS) is 12.8. The third-order valence-electron chi connectivity index (χ3n) is 4.56. The molecule has 0 radical (unpaired) electrons. The summed E-state index contributed by atoms with van der Waals surface area (Å²) in [7, 11) is 0. The first-order valence-electron chi connectivity index (χ1n) is 9.90. The zero-order valence-corrected chi connectivity index (χ0v) is 18.3. The van der Waals surface area contributed by atoms with Crippen LogP contribution >= 0.6 is 11.9 Å². The second-order valence-electron chi connectivity index (χ2n) is 7.68. The molecule has 0 bridgehead atoms. The van der Waals surface area contributed by atoms with E-state index in [-0.39, 0.29) is 11.8 Å². The molecule has 2 aromatic carbocycles. The van der Waals surface area contributed by atoms with Crippen LogP contribution in [-0.2, 0) is 4.79 Å². The summed E-state index contributed by atoms with van der Waals surface area (Å²) in [5.41, 5.74) is 1.84. The molecule has 1 amide bonds. The van der Waals surface area contributed by atoms with Gasteiger partial charge in [0.05, 0.1) is 6.61 Å². The number of hydrogen-bond donors (Lipinski definition) is 2. The van der Waals surface area contributed by atoms with Crippen LogP contribution in [0.25, 0.3) is 10.8 Å². The van der Waals surface area contributed by atoms with Crippen LogP contribution in [0.4, 0.5) is 0 Å². The lowest BCUT2D eigenvalue weighted by Crippen LogP contribution is -2.46. The molecule has 1 atom stereocenters. The van der Waals surface area contributed by atoms with E-state index in [9.17, 15) is 10.0 Å². The van der Waals surface area contributed by atoms with Crippen molar-refractivity contribution < 1.29 is 14.7 Å². The highest BCUT2D eigenvalue weighted by molar-refractivity contribution is 7.97. The first kappa shape index (κ1) is 22.5. The largest absolute Gasteiger partial charge is 0.494 e. The Morgan fingerprint density at radius 2 is 1.86 bits per heavy atom. The Balaban J connectivity index is 2.31. The smallest absolute Gasteiger partial charge is 0.261 e. The van der Waals surface area contributed by atoms with Gasteiger partial charge in [0.15, 0.2) is 0 Å². The monoisotopic (exact) mass is 404 g/mol. The summed E-state index contributed by atoms with van der Waals surface area (Å²) >= 11 is 1.57. The molecule has 0 unspecified atom stereocenters. The van der Waals surface area contributed by atoms with Gasteiger partial charge in [0.25, 0.3) is 5.91 Å². The molecule has 2 rings (SSSR count). The highest BCUT2D eigenvalue weighted by Crippen LogP contribution is 2.32. The van der Waals surface area contributed by atoms with E-state index in [1.807, 2.05) is 38.4 Å². The van der Waals surface area contributed by atoms with Gasteiger partial charge in [0.1, 0.15) is 11.8 Å². The molecule has 0 spiro atoms. The van der Waals surface area contributed by atoms with Crippen molar-refractivity contribution in [1.82, 2.24) is 9.79 Å². The maximum absolute atomic E-state index is 12.3. The lowest BCUT2D eigenvalue weighted by atomic mass is 10.0. The Labute approximate surface area is 172 Å². The number of hydroxylamine groups is 1. The Morgan fingerprint density at radius 3 is 2.46 bits per heavy atom. The van der Waals surface area contributed by atoms with E-state index in [0.29, 0.717) is 12.5 Å². The summed E-state index contributed by atoms with van der Waals surface area (Å²) in [5, 5.41) is 11.5. The van der Waals surface area contributed by atoms with Crippen LogP contribution in [-0.4, -0.2) is 34.6 Å². The van der Waals surface area contributed by atoms with Crippen molar-refractivity contribution in [2.75, 3.05) is 13.2 Å². The molecular formula is C22H32N2O3S. The maximum atomic E-state index is 12.3. The van der Waals surface area contributed by atoms with Crippen molar-refractivity contribution in [3.8, 4) is 5.75 Å². The van der Waals surface area contributed by atoms with Gasteiger partial charge in [0, 0.05) is 11.4 Å². The van der Waals surface area contributed by atoms with Gasteiger partial charge in [-0.2, -0.15) is 0 Å². The van der Waals surface area contributed by atoms with Gasteiger partial charge in [0.2, 0.25) is 0 Å². The van der Waals surface area contributed by atoms with Gasteiger partial charge in [-0.15, -0.1) is 0 Å². The zero-order chi connectivity index (χ0) is 20.7. The topological polar surface area (TPSA) is 61.8 Å². The minimum atomic E-state index is -0.417. The molecule has 0 fully saturated rings. The number of fused-ring (bicyclic) bond motifs is 1. The summed E-state index contributed by atoms with van der Waals surface area (Å²) in [6.45, 7) is 11.7. The first-order chi connectivity index (χ1) is 13.3. The summed E-state index contributed by atoms with van der Waals surface area (Å²) in [4.78, 5) is 13.4. The van der Waals surface area contributed by atoms with E-state index in [1.165, 1.54) is 0 Å². The van der Waals surface area contributed by atoms with E-state index in [0.717, 1.165) is 34.4 Å². The van der Waals surface area contributed by atoms with Crippen LogP contribution in [0.15, 0.2) is 41.3 Å². The fourth-order valence-electron chi connectivity index (χ4n) is 3.11. The second-order valence-corrected chi connectivity index (χ2v) is 8.81. The second kappa shape index (κ2) is 10.7. The number of ether oxygens (including phenoxy) is 1. The third-order valence-corrected chi connectivity index (χ3v) is 5.67. The highest BCUT2D eigenvalue weighted by atomic mass is 32.2. The Hall–Kier alpha value is -1.76. The molecule has 6 heteroatoms. The summed E-state index contributed by atoms with van der Waals surface area (Å²) in [5.74, 6) is 1.08. The Kier molecular flexibility index (Phi) is 8.60. The van der Waals surface area contributed by atoms with Crippen molar-refractivity contribution in [2.24, 2.45) is 11.8 Å². The molecule has 2 aromatic rings. The number of nitrogens with one attached hydrogen (secondary N) is 1. The van der Waals surface area contributed by atoms with Crippen LogP contribution in [0, 0.1) is 11.8 Å². The average molecular weight is 405 g/mol. The number of amides is 1. The number of rotatable bonds is 10. The molecular weight excluding hydrogens is 372 g/mol. The lowest BCUT2D eigenvalue weighted by Gasteiger charge is -2.32. The van der Waals surface area contributed by atoms with Crippen LogP contribution in [0.2, 0.25) is 0 Å². The van der Waals surface area contributed by atoms with Gasteiger partial charge in [-0.25, -0.2) is 9.79 Å². The number of nitrogens with zero attached hydrogens (tertiary/aromatic N) is 1. The number of benzene rings is 2. The van der Waals surface area contributed by atoms with E-state index in [1.54, 1.807) is 11.9 Å². The van der Waals surface area contributed by atoms with Crippen molar-refractivity contribution in [1.29, 1.82) is 0 Å². The number of carbonyl (C=O) groups excluding carboxylic acids is 1. The quantitative estimate of drug-likeness (QED) is 0.327. The molecule has 0 aliphatic heterocycles. The summed E-state index contributed by atoms with van der Waals surface area (Å²) in [6, 6.07) is 11.9. The molecule has 28 heavy (non-hydrogen) atoms. The van der Waals surface area contributed by atoms with E-state index < -0.39 is 6.04 Å². The van der Waals surface area contributed by atoms with Crippen molar-refractivity contribution >= 4 is 28.6 Å². The van der Waals surface area contributed by atoms with Gasteiger partial charge in [-0.1, -0.05) is 39.8 Å². The van der Waals surface area contributed by atoms with Crippen molar-refractivity contribution in [3.63, 3.8) is 0 Å². The predicted octanol–water partition coefficient (Wildman–Crippen LogP) is 5.12. The SMILES string of the molecule is CCOc1ccc2ccc(SN(CCC(C)C)[C@@H](C(=O)NO)C(C)C)cc2c1. The minimum absolute atomic E-state index is 0.0665. The highest BCUT2D eigenvalue weighted by Gasteiger charge is 2.29. The van der Waals surface area contributed by atoms with Crippen LogP contribution < -0.4 is 10.2 Å². The molecule has 0 aliphatic rings. The average Bonchev–Trinajstić information content (AvgIpc) is 2.65. The zero-order valence-electron chi connectivity index (χ0n) is 17.4. The minimum Gasteiger partial charge on any atom is -0.494 e. The third kappa shape index (κ3) is 6.12. The van der Waals surface area contributed by atoms with Gasteiger partial charge in [-0.05, 0) is 72.2 Å². The van der Waals surface area contributed by atoms with Crippen molar-refractivity contribution in [3.05, 3.63) is 36.4 Å². The maximum Gasteiger partial charge on any atom is 0.261 e. The molecule has 0 heterocycles. The van der Waals surface area contributed by atoms with Gasteiger partial charge < -0.3 is 4.74 Å². The first-order valence-corrected chi connectivity index (χ1v) is 10.7. The van der Waals surface area contributed by atoms with E-state index in [2.05, 4.69) is 42.4 Å². The fourth-order valence-corrected chi connectivity index (χ4v) is 4.34. The van der Waals surface area contributed by atoms with Crippen LogP contribution in [0.5, 0.6) is 5.75 Å². The molecule has 0 aliphatic carbocycles. The molecule has 2 N–H and O–H groups in total. The van der Waals surface area contributed by atoms with E-state index >= 15 is 0 Å². The molecule has 154 valence electrons. The number of carbonyl (C=O) groups is 1. The Morgan fingerprint density at radius 1 is 1.14 bits per heavy atom. The Bertz CT molecular complexity index is 779. The summed E-state index contributed by atoms with van der Waals surface area (Å²) < 4.78 is 7.70. The van der Waals surface area contributed by atoms with Crippen LogP contribution in [0.3, 0.4) is 0 Å². The lowest BCUT2D eigenvalue weighted by molar-refractivity contribution is -0.134. The van der Waals surface area contributed by atoms with E-state index in [4.69, 9.17) is 4.74 Å². The molecule has 5 nitrogen and oxygen atoms in total. The van der Waals surface area contributed by atoms with Gasteiger partial charge in [-0.3, -0.25) is 10.0 Å². The predicted molar refractivity (Wildman–Crippen MR) is 116 cm³/mol. The van der Waals surface area contributed by atoms with Crippen molar-refractivity contribution in [2.45, 2.75) is 52.0 Å².